The molecule has 1 saturated heterocycles. The van der Waals surface area contributed by atoms with Crippen LogP contribution in [0.2, 0.25) is 0 Å². The minimum atomic E-state index is -0.410. The first-order valence-electron chi connectivity index (χ1n) is 4.44. The van der Waals surface area contributed by atoms with Gasteiger partial charge < -0.3 is 10.8 Å². The average Bonchev–Trinajstić information content (AvgIpc) is 2.30. The Hall–Kier alpha value is 0.270. The maximum absolute atomic E-state index is 9.15. The van der Waals surface area contributed by atoms with Crippen LogP contribution in [0.5, 0.6) is 0 Å². The first-order valence-corrected chi connectivity index (χ1v) is 5.42. The molecule has 0 amide bonds. The molecular formula is C9H19NOS. The highest BCUT2D eigenvalue weighted by Crippen LogP contribution is 2.46. The molecule has 0 aromatic carbocycles. The molecule has 12 heavy (non-hydrogen) atoms. The van der Waals surface area contributed by atoms with Gasteiger partial charge in [-0.15, -0.1) is 0 Å². The van der Waals surface area contributed by atoms with Crippen LogP contribution in [0.3, 0.4) is 0 Å². The summed E-state index contributed by atoms with van der Waals surface area (Å²) in [5.41, 5.74) is 5.62. The van der Waals surface area contributed by atoms with Gasteiger partial charge in [0.05, 0.1) is 6.61 Å². The first kappa shape index (κ1) is 10.4. The summed E-state index contributed by atoms with van der Waals surface area (Å²) in [6.45, 7) is 6.47. The number of nitrogens with two attached hydrogens (primary N) is 1. The summed E-state index contributed by atoms with van der Waals surface area (Å²) in [7, 11) is 0. The standard InChI is InChI=1S/C9H19NOS/c1-8(2)7(4-5-12-8)9(3,10)6-11/h7,11H,4-6,10H2,1-3H3. The van der Waals surface area contributed by atoms with Gasteiger partial charge in [-0.25, -0.2) is 0 Å². The van der Waals surface area contributed by atoms with E-state index in [9.17, 15) is 0 Å². The summed E-state index contributed by atoms with van der Waals surface area (Å²) in [5.74, 6) is 1.60. The van der Waals surface area contributed by atoms with Crippen molar-refractivity contribution in [1.82, 2.24) is 0 Å². The Labute approximate surface area is 78.9 Å². The maximum Gasteiger partial charge on any atom is 0.0611 e. The van der Waals surface area contributed by atoms with Gasteiger partial charge in [0.1, 0.15) is 0 Å². The third-order valence-electron chi connectivity index (χ3n) is 2.86. The third kappa shape index (κ3) is 1.78. The molecule has 1 aliphatic heterocycles. The number of rotatable bonds is 2. The largest absolute Gasteiger partial charge is 0.394 e. The van der Waals surface area contributed by atoms with Crippen molar-refractivity contribution in [2.24, 2.45) is 11.7 Å². The summed E-state index contributed by atoms with van der Waals surface area (Å²) in [6.07, 6.45) is 1.13. The number of aliphatic hydroxyl groups excluding tert-OH is 1. The highest BCUT2D eigenvalue weighted by Gasteiger charge is 2.44. The van der Waals surface area contributed by atoms with Gasteiger partial charge in [-0.2, -0.15) is 11.8 Å². The Morgan fingerprint density at radius 1 is 1.67 bits per heavy atom. The molecule has 1 rings (SSSR count). The molecule has 0 spiro atoms. The van der Waals surface area contributed by atoms with Gasteiger partial charge in [0, 0.05) is 10.3 Å². The second-order valence-electron chi connectivity index (χ2n) is 4.46. The van der Waals surface area contributed by atoms with Crippen molar-refractivity contribution < 1.29 is 5.11 Å². The van der Waals surface area contributed by atoms with Crippen LogP contribution in [0.4, 0.5) is 0 Å². The summed E-state index contributed by atoms with van der Waals surface area (Å²) in [6, 6.07) is 0. The molecule has 0 saturated carbocycles. The Morgan fingerprint density at radius 3 is 2.58 bits per heavy atom. The van der Waals surface area contributed by atoms with E-state index in [-0.39, 0.29) is 11.4 Å². The average molecular weight is 189 g/mol. The van der Waals surface area contributed by atoms with Gasteiger partial charge in [-0.05, 0) is 25.0 Å². The highest BCUT2D eigenvalue weighted by atomic mass is 32.2. The monoisotopic (exact) mass is 189 g/mol. The van der Waals surface area contributed by atoms with Crippen molar-refractivity contribution in [1.29, 1.82) is 0 Å². The molecule has 1 aliphatic rings. The molecule has 0 radical (unpaired) electrons. The lowest BCUT2D eigenvalue weighted by Gasteiger charge is -2.37. The van der Waals surface area contributed by atoms with Crippen molar-refractivity contribution in [3.63, 3.8) is 0 Å². The van der Waals surface area contributed by atoms with Crippen molar-refractivity contribution in [2.75, 3.05) is 12.4 Å². The molecule has 3 heteroatoms. The molecule has 0 aromatic heterocycles. The van der Waals surface area contributed by atoms with Crippen LogP contribution in [0.1, 0.15) is 27.2 Å². The van der Waals surface area contributed by atoms with E-state index in [1.54, 1.807) is 0 Å². The quantitative estimate of drug-likeness (QED) is 0.687. The van der Waals surface area contributed by atoms with Gasteiger partial charge >= 0.3 is 0 Å². The highest BCUT2D eigenvalue weighted by molar-refractivity contribution is 8.00. The van der Waals surface area contributed by atoms with E-state index in [1.807, 2.05) is 18.7 Å². The van der Waals surface area contributed by atoms with Crippen LogP contribution in [0.25, 0.3) is 0 Å². The van der Waals surface area contributed by atoms with Gasteiger partial charge in [-0.1, -0.05) is 13.8 Å². The Balaban J connectivity index is 2.74. The van der Waals surface area contributed by atoms with Crippen LogP contribution in [-0.2, 0) is 0 Å². The molecule has 2 atom stereocenters. The van der Waals surface area contributed by atoms with E-state index in [0.29, 0.717) is 5.92 Å². The molecule has 2 unspecified atom stereocenters. The lowest BCUT2D eigenvalue weighted by atomic mass is 9.77. The molecule has 0 aliphatic carbocycles. The zero-order valence-electron chi connectivity index (χ0n) is 8.13. The van der Waals surface area contributed by atoms with Crippen molar-refractivity contribution >= 4 is 11.8 Å². The zero-order chi connectivity index (χ0) is 9.41. The van der Waals surface area contributed by atoms with Crippen molar-refractivity contribution in [2.45, 2.75) is 37.5 Å². The van der Waals surface area contributed by atoms with Crippen LogP contribution >= 0.6 is 11.8 Å². The van der Waals surface area contributed by atoms with E-state index in [2.05, 4.69) is 13.8 Å². The number of hydrogen-bond donors (Lipinski definition) is 2. The Bertz CT molecular complexity index is 168. The molecule has 0 bridgehead atoms. The molecular weight excluding hydrogens is 170 g/mol. The summed E-state index contributed by atoms with van der Waals surface area (Å²) >= 11 is 1.96. The van der Waals surface area contributed by atoms with Crippen molar-refractivity contribution in [3.8, 4) is 0 Å². The van der Waals surface area contributed by atoms with Crippen LogP contribution < -0.4 is 5.73 Å². The normalized spacial score (nSPS) is 33.2. The van der Waals surface area contributed by atoms with Crippen molar-refractivity contribution in [3.05, 3.63) is 0 Å². The molecule has 0 aromatic rings. The lowest BCUT2D eigenvalue weighted by Crippen LogP contribution is -2.52. The van der Waals surface area contributed by atoms with E-state index < -0.39 is 5.54 Å². The van der Waals surface area contributed by atoms with E-state index in [0.717, 1.165) is 6.42 Å². The van der Waals surface area contributed by atoms with Crippen LogP contribution in [-0.4, -0.2) is 27.8 Å². The molecule has 3 N–H and O–H groups in total. The van der Waals surface area contributed by atoms with E-state index in [4.69, 9.17) is 10.8 Å². The topological polar surface area (TPSA) is 46.2 Å². The number of aliphatic hydroxyl groups is 1. The molecule has 72 valence electrons. The predicted molar refractivity (Wildman–Crippen MR) is 54.3 cm³/mol. The maximum atomic E-state index is 9.15. The second kappa shape index (κ2) is 3.20. The smallest absolute Gasteiger partial charge is 0.0611 e. The van der Waals surface area contributed by atoms with Gasteiger partial charge in [0.2, 0.25) is 0 Å². The van der Waals surface area contributed by atoms with Crippen LogP contribution in [0.15, 0.2) is 0 Å². The van der Waals surface area contributed by atoms with Gasteiger partial charge in [0.25, 0.3) is 0 Å². The van der Waals surface area contributed by atoms with E-state index >= 15 is 0 Å². The first-order chi connectivity index (χ1) is 5.40. The van der Waals surface area contributed by atoms with Gasteiger partial charge in [-0.3, -0.25) is 0 Å². The second-order valence-corrected chi connectivity index (χ2v) is 6.21. The summed E-state index contributed by atoms with van der Waals surface area (Å²) in [5, 5.41) is 9.15. The lowest BCUT2D eigenvalue weighted by molar-refractivity contribution is 0.139. The fourth-order valence-corrected chi connectivity index (χ4v) is 3.59. The summed E-state index contributed by atoms with van der Waals surface area (Å²) in [4.78, 5) is 0. The van der Waals surface area contributed by atoms with Gasteiger partial charge in [0.15, 0.2) is 0 Å². The number of hydrogen-bond acceptors (Lipinski definition) is 3. The molecule has 1 fully saturated rings. The minimum absolute atomic E-state index is 0.0850. The van der Waals surface area contributed by atoms with E-state index in [1.165, 1.54) is 5.75 Å². The SMILES string of the molecule is CC(N)(CO)C1CCSC1(C)C. The molecule has 1 heterocycles. The zero-order valence-corrected chi connectivity index (χ0v) is 8.95. The fourth-order valence-electron chi connectivity index (χ4n) is 2.12. The Morgan fingerprint density at radius 2 is 2.25 bits per heavy atom. The summed E-state index contributed by atoms with van der Waals surface area (Å²) < 4.78 is 0.228. The van der Waals surface area contributed by atoms with Crippen LogP contribution in [0, 0.1) is 5.92 Å². The third-order valence-corrected chi connectivity index (χ3v) is 4.32. The predicted octanol–water partition coefficient (Wildman–Crippen LogP) is 1.23. The minimum Gasteiger partial charge on any atom is -0.394 e. The number of thioether (sulfide) groups is 1. The fraction of sp³-hybridized carbons (Fsp3) is 1.00. The molecule has 2 nitrogen and oxygen atoms in total. The Kier molecular flexibility index (Phi) is 2.76.